The van der Waals surface area contributed by atoms with Gasteiger partial charge in [0.1, 0.15) is 0 Å². The molecule has 1 aliphatic rings. The van der Waals surface area contributed by atoms with Crippen molar-refractivity contribution in [2.45, 2.75) is 52.1 Å². The van der Waals surface area contributed by atoms with Gasteiger partial charge in [-0.3, -0.25) is 0 Å². The summed E-state index contributed by atoms with van der Waals surface area (Å²) in [5.41, 5.74) is 4.05. The third-order valence-electron chi connectivity index (χ3n) is 5.05. The number of rotatable bonds is 6. The second-order valence-electron chi connectivity index (χ2n) is 7.89. The van der Waals surface area contributed by atoms with E-state index in [1.54, 1.807) is 6.07 Å². The van der Waals surface area contributed by atoms with Gasteiger partial charge in [0.25, 0.3) is 5.89 Å². The minimum Gasteiger partial charge on any atom is -0.389 e. The lowest BCUT2D eigenvalue weighted by molar-refractivity contribution is 0.178. The fourth-order valence-electron chi connectivity index (χ4n) is 3.48. The van der Waals surface area contributed by atoms with Gasteiger partial charge >= 0.3 is 0 Å². The smallest absolute Gasteiger partial charge is 0.258 e. The molecule has 1 aromatic carbocycles. The van der Waals surface area contributed by atoms with E-state index in [0.717, 1.165) is 48.8 Å². The number of aromatic nitrogens is 2. The van der Waals surface area contributed by atoms with Gasteiger partial charge in [-0.1, -0.05) is 56.3 Å². The molecule has 5 heteroatoms. The van der Waals surface area contributed by atoms with Gasteiger partial charge in [0, 0.05) is 11.1 Å². The van der Waals surface area contributed by atoms with Gasteiger partial charge in [-0.15, -0.1) is 0 Å². The van der Waals surface area contributed by atoms with Crippen LogP contribution in [-0.4, -0.2) is 21.4 Å². The van der Waals surface area contributed by atoms with Gasteiger partial charge in [-0.05, 0) is 54.9 Å². The molecule has 1 atom stereocenters. The molecule has 1 saturated carbocycles. The van der Waals surface area contributed by atoms with E-state index < -0.39 is 0 Å². The monoisotopic (exact) mass is 389 g/mol. The topological polar surface area (TPSA) is 82.9 Å². The number of nitrogens with zero attached hydrogens (tertiary/aromatic N) is 3. The summed E-state index contributed by atoms with van der Waals surface area (Å²) in [6.45, 7) is 8.25. The van der Waals surface area contributed by atoms with Gasteiger partial charge in [-0.25, -0.2) is 0 Å². The van der Waals surface area contributed by atoms with Crippen molar-refractivity contribution in [1.29, 1.82) is 5.26 Å². The van der Waals surface area contributed by atoms with E-state index in [4.69, 9.17) is 4.52 Å². The zero-order valence-electron chi connectivity index (χ0n) is 17.1. The molecular formula is C24H27N3O2. The Bertz CT molecular complexity index is 976. The minimum absolute atomic E-state index is 0.341. The first-order valence-electron chi connectivity index (χ1n) is 10.1. The van der Waals surface area contributed by atoms with E-state index >= 15 is 0 Å². The van der Waals surface area contributed by atoms with Crippen LogP contribution < -0.4 is 0 Å². The molecule has 0 saturated heterocycles. The average Bonchev–Trinajstić information content (AvgIpc) is 3.19. The Balaban J connectivity index is 1.73. The molecule has 1 aliphatic carbocycles. The maximum absolute atomic E-state index is 10.0. The molecule has 1 aromatic heterocycles. The highest BCUT2D eigenvalue weighted by Crippen LogP contribution is 2.25. The molecule has 150 valence electrons. The molecule has 0 amide bonds. The molecule has 2 aromatic rings. The van der Waals surface area contributed by atoms with Crippen LogP contribution in [0.25, 0.3) is 17.0 Å². The predicted octanol–water partition coefficient (Wildman–Crippen LogP) is 5.24. The van der Waals surface area contributed by atoms with E-state index in [-0.39, 0.29) is 6.10 Å². The van der Waals surface area contributed by atoms with Crippen LogP contribution >= 0.6 is 0 Å². The molecule has 3 rings (SSSR count). The zero-order valence-corrected chi connectivity index (χ0v) is 17.1. The Labute approximate surface area is 172 Å². The minimum atomic E-state index is -0.341. The summed E-state index contributed by atoms with van der Waals surface area (Å²) in [5.74, 6) is 1.24. The van der Waals surface area contributed by atoms with Crippen molar-refractivity contribution >= 4 is 5.57 Å². The Morgan fingerprint density at radius 1 is 1.41 bits per heavy atom. The first-order chi connectivity index (χ1) is 14.0. The molecule has 0 spiro atoms. The second-order valence-corrected chi connectivity index (χ2v) is 7.89. The maximum Gasteiger partial charge on any atom is 0.258 e. The highest BCUT2D eigenvalue weighted by Gasteiger charge is 2.15. The average molecular weight is 389 g/mol. The summed E-state index contributed by atoms with van der Waals surface area (Å²) in [5, 5.41) is 23.5. The lowest BCUT2D eigenvalue weighted by Crippen LogP contribution is -2.14. The summed E-state index contributed by atoms with van der Waals surface area (Å²) in [6.07, 6.45) is 10.1. The van der Waals surface area contributed by atoms with E-state index in [1.165, 1.54) is 0 Å². The van der Waals surface area contributed by atoms with Crippen LogP contribution in [0.1, 0.15) is 56.5 Å². The van der Waals surface area contributed by atoms with Crippen molar-refractivity contribution in [2.24, 2.45) is 5.92 Å². The predicted molar refractivity (Wildman–Crippen MR) is 114 cm³/mol. The van der Waals surface area contributed by atoms with Crippen molar-refractivity contribution in [1.82, 2.24) is 10.1 Å². The van der Waals surface area contributed by atoms with E-state index in [0.29, 0.717) is 28.8 Å². The Morgan fingerprint density at radius 2 is 2.24 bits per heavy atom. The molecule has 5 nitrogen and oxygen atoms in total. The number of benzene rings is 1. The molecule has 1 heterocycles. The SMILES string of the molecule is C=C(/C=C\C=C1/CCCCC1O)c1noc(-c2ccc(CC(C)C)c(C#N)c2)n1. The number of aliphatic hydroxyl groups is 1. The molecule has 1 N–H and O–H groups in total. The first-order valence-corrected chi connectivity index (χ1v) is 10.1. The molecule has 1 fully saturated rings. The normalized spacial score (nSPS) is 18.4. The fourth-order valence-corrected chi connectivity index (χ4v) is 3.48. The highest BCUT2D eigenvalue weighted by molar-refractivity contribution is 5.69. The van der Waals surface area contributed by atoms with E-state index in [1.807, 2.05) is 30.4 Å². The summed E-state index contributed by atoms with van der Waals surface area (Å²) >= 11 is 0. The third-order valence-corrected chi connectivity index (χ3v) is 5.05. The number of hydrogen-bond acceptors (Lipinski definition) is 5. The molecule has 1 unspecified atom stereocenters. The number of allylic oxidation sites excluding steroid dienone is 4. The molecule has 0 aliphatic heterocycles. The fraction of sp³-hybridized carbons (Fsp3) is 0.375. The van der Waals surface area contributed by atoms with Crippen molar-refractivity contribution < 1.29 is 9.63 Å². The largest absolute Gasteiger partial charge is 0.389 e. The van der Waals surface area contributed by atoms with Gasteiger partial charge in [0.15, 0.2) is 0 Å². The Morgan fingerprint density at radius 3 is 2.97 bits per heavy atom. The van der Waals surface area contributed by atoms with Crippen LogP contribution in [0, 0.1) is 17.2 Å². The molecule has 29 heavy (non-hydrogen) atoms. The van der Waals surface area contributed by atoms with Crippen LogP contribution in [0.15, 0.2) is 53.1 Å². The van der Waals surface area contributed by atoms with Crippen molar-refractivity contribution in [3.05, 3.63) is 65.5 Å². The molecule has 0 bridgehead atoms. The second kappa shape index (κ2) is 9.49. The Kier molecular flexibility index (Phi) is 6.79. The maximum atomic E-state index is 10.0. The molecular weight excluding hydrogens is 362 g/mol. The molecule has 0 radical (unpaired) electrons. The first kappa shape index (κ1) is 20.8. The van der Waals surface area contributed by atoms with Crippen LogP contribution in [0.2, 0.25) is 0 Å². The number of aliphatic hydroxyl groups excluding tert-OH is 1. The van der Waals surface area contributed by atoms with Crippen LogP contribution in [0.4, 0.5) is 0 Å². The summed E-state index contributed by atoms with van der Waals surface area (Å²) in [7, 11) is 0. The van der Waals surface area contributed by atoms with Crippen LogP contribution in [0.5, 0.6) is 0 Å². The number of nitriles is 1. The van der Waals surface area contributed by atoms with Gasteiger partial charge in [0.2, 0.25) is 5.82 Å². The van der Waals surface area contributed by atoms with Gasteiger partial charge < -0.3 is 9.63 Å². The lowest BCUT2D eigenvalue weighted by Gasteiger charge is -2.19. The lowest BCUT2D eigenvalue weighted by atomic mass is 9.92. The quantitative estimate of drug-likeness (QED) is 0.683. The summed E-state index contributed by atoms with van der Waals surface area (Å²) in [4.78, 5) is 4.42. The number of hydrogen-bond donors (Lipinski definition) is 1. The zero-order chi connectivity index (χ0) is 20.8. The highest BCUT2D eigenvalue weighted by atomic mass is 16.5. The van der Waals surface area contributed by atoms with Crippen molar-refractivity contribution in [2.75, 3.05) is 0 Å². The third kappa shape index (κ3) is 5.30. The van der Waals surface area contributed by atoms with Gasteiger partial charge in [-0.2, -0.15) is 10.2 Å². The van der Waals surface area contributed by atoms with E-state index in [2.05, 4.69) is 36.6 Å². The summed E-state index contributed by atoms with van der Waals surface area (Å²) in [6, 6.07) is 7.91. The van der Waals surface area contributed by atoms with E-state index in [9.17, 15) is 10.4 Å². The van der Waals surface area contributed by atoms with Gasteiger partial charge in [0.05, 0.1) is 17.7 Å². The van der Waals surface area contributed by atoms with Crippen LogP contribution in [0.3, 0.4) is 0 Å². The standard InChI is InChI=1S/C24H27N3O2/c1-16(2)13-19-11-12-20(14-21(19)15-25)24-26-23(27-29-24)17(3)7-6-9-18-8-4-5-10-22(18)28/h6-7,9,11-12,14,16,22,28H,3-5,8,10,13H2,1-2H3/b7-6-,18-9+. The summed E-state index contributed by atoms with van der Waals surface area (Å²) < 4.78 is 5.38. The Hall–Kier alpha value is -2.97. The van der Waals surface area contributed by atoms with Crippen LogP contribution in [-0.2, 0) is 6.42 Å². The van der Waals surface area contributed by atoms with Crippen molar-refractivity contribution in [3.8, 4) is 17.5 Å². The van der Waals surface area contributed by atoms with Crippen molar-refractivity contribution in [3.63, 3.8) is 0 Å².